The Hall–Kier alpha value is -1.08. The molecule has 1 aromatic carbocycles. The summed E-state index contributed by atoms with van der Waals surface area (Å²) in [6, 6.07) is 7.31. The van der Waals surface area contributed by atoms with Crippen molar-refractivity contribution in [1.82, 2.24) is 0 Å². The average molecular weight is 181 g/mol. The van der Waals surface area contributed by atoms with Gasteiger partial charge in [-0.05, 0) is 11.6 Å². The third kappa shape index (κ3) is 2.51. The maximum atomic E-state index is 10.4. The van der Waals surface area contributed by atoms with E-state index in [0.29, 0.717) is 17.0 Å². The third-order valence-electron chi connectivity index (χ3n) is 1.48. The summed E-state index contributed by atoms with van der Waals surface area (Å²) in [4.78, 5) is 10.4. The van der Waals surface area contributed by atoms with Gasteiger partial charge >= 0.3 is 0 Å². The van der Waals surface area contributed by atoms with E-state index in [2.05, 4.69) is 6.58 Å². The second-order valence-corrected chi connectivity index (χ2v) is 3.09. The van der Waals surface area contributed by atoms with Crippen LogP contribution in [-0.2, 0) is 6.42 Å². The van der Waals surface area contributed by atoms with Gasteiger partial charge in [-0.3, -0.25) is 4.79 Å². The molecule has 0 heterocycles. The van der Waals surface area contributed by atoms with Crippen molar-refractivity contribution in [2.45, 2.75) is 6.42 Å². The van der Waals surface area contributed by atoms with E-state index in [0.717, 1.165) is 11.8 Å². The quantitative estimate of drug-likeness (QED) is 0.654. The van der Waals surface area contributed by atoms with E-state index in [1.165, 1.54) is 0 Å². The van der Waals surface area contributed by atoms with E-state index in [4.69, 9.17) is 11.6 Å². The second kappa shape index (κ2) is 4.07. The van der Waals surface area contributed by atoms with Crippen LogP contribution in [0.2, 0.25) is 0 Å². The molecule has 0 aliphatic rings. The van der Waals surface area contributed by atoms with Gasteiger partial charge in [0.15, 0.2) is 0 Å². The maximum absolute atomic E-state index is 10.4. The first-order valence-electron chi connectivity index (χ1n) is 3.60. The fourth-order valence-corrected chi connectivity index (χ4v) is 1.15. The number of rotatable bonds is 3. The Balaban J connectivity index is 2.86. The molecule has 1 nitrogen and oxygen atoms in total. The average Bonchev–Trinajstić information content (AvgIpc) is 2.03. The van der Waals surface area contributed by atoms with E-state index < -0.39 is 0 Å². The van der Waals surface area contributed by atoms with E-state index in [9.17, 15) is 4.79 Å². The minimum atomic E-state index is 0.582. The Morgan fingerprint density at radius 3 is 2.92 bits per heavy atom. The van der Waals surface area contributed by atoms with Gasteiger partial charge in [0.1, 0.15) is 6.29 Å². The molecule has 0 bridgehead atoms. The van der Waals surface area contributed by atoms with Gasteiger partial charge in [0.25, 0.3) is 0 Å². The van der Waals surface area contributed by atoms with Crippen LogP contribution >= 0.6 is 11.6 Å². The first-order chi connectivity index (χ1) is 5.72. The molecule has 0 N–H and O–H groups in total. The van der Waals surface area contributed by atoms with Gasteiger partial charge in [-0.15, -0.1) is 0 Å². The van der Waals surface area contributed by atoms with Gasteiger partial charge in [-0.1, -0.05) is 36.4 Å². The standard InChI is InChI=1S/C10H9ClO/c1-8(11)5-9-3-2-4-10(6-9)7-12/h2-4,6-7H,1,5H2. The lowest BCUT2D eigenvalue weighted by atomic mass is 10.1. The summed E-state index contributed by atoms with van der Waals surface area (Å²) in [5.74, 6) is 0. The lowest BCUT2D eigenvalue weighted by molar-refractivity contribution is 0.112. The molecule has 0 atom stereocenters. The van der Waals surface area contributed by atoms with Crippen LogP contribution in [0.25, 0.3) is 0 Å². The van der Waals surface area contributed by atoms with Crippen LogP contribution in [0, 0.1) is 0 Å². The van der Waals surface area contributed by atoms with Crippen LogP contribution in [0.15, 0.2) is 35.9 Å². The minimum absolute atomic E-state index is 0.582. The lowest BCUT2D eigenvalue weighted by Crippen LogP contribution is -1.86. The molecule has 1 aromatic rings. The number of benzene rings is 1. The Bertz CT molecular complexity index is 304. The molecule has 0 saturated heterocycles. The number of carbonyl (C=O) groups excluding carboxylic acids is 1. The molecule has 0 spiro atoms. The van der Waals surface area contributed by atoms with Crippen LogP contribution < -0.4 is 0 Å². The number of allylic oxidation sites excluding steroid dienone is 1. The number of hydrogen-bond acceptors (Lipinski definition) is 1. The number of halogens is 1. The van der Waals surface area contributed by atoms with Crippen LogP contribution in [-0.4, -0.2) is 6.29 Å². The molecule has 62 valence electrons. The van der Waals surface area contributed by atoms with Gasteiger partial charge in [0.2, 0.25) is 0 Å². The zero-order chi connectivity index (χ0) is 8.97. The Morgan fingerprint density at radius 1 is 1.58 bits per heavy atom. The third-order valence-corrected chi connectivity index (χ3v) is 1.62. The predicted octanol–water partition coefficient (Wildman–Crippen LogP) is 2.79. The SMILES string of the molecule is C=C(Cl)Cc1cccc(C=O)c1. The number of hydrogen-bond donors (Lipinski definition) is 0. The van der Waals surface area contributed by atoms with Crippen LogP contribution in [0.5, 0.6) is 0 Å². The first-order valence-corrected chi connectivity index (χ1v) is 3.97. The normalized spacial score (nSPS) is 9.42. The van der Waals surface area contributed by atoms with Crippen molar-refractivity contribution in [3.05, 3.63) is 47.0 Å². The van der Waals surface area contributed by atoms with Crippen molar-refractivity contribution in [2.24, 2.45) is 0 Å². The van der Waals surface area contributed by atoms with Crippen molar-refractivity contribution in [3.63, 3.8) is 0 Å². The largest absolute Gasteiger partial charge is 0.298 e. The molecule has 0 aliphatic carbocycles. The summed E-state index contributed by atoms with van der Waals surface area (Å²) in [6.07, 6.45) is 1.43. The van der Waals surface area contributed by atoms with E-state index in [1.54, 1.807) is 12.1 Å². The van der Waals surface area contributed by atoms with Gasteiger partial charge in [0.05, 0.1) is 0 Å². The summed E-state index contributed by atoms with van der Waals surface area (Å²) >= 11 is 5.63. The Morgan fingerprint density at radius 2 is 2.33 bits per heavy atom. The molecule has 0 unspecified atom stereocenters. The summed E-state index contributed by atoms with van der Waals surface area (Å²) in [6.45, 7) is 3.58. The van der Waals surface area contributed by atoms with Crippen LogP contribution in [0.3, 0.4) is 0 Å². The highest BCUT2D eigenvalue weighted by Crippen LogP contribution is 2.10. The summed E-state index contributed by atoms with van der Waals surface area (Å²) in [5, 5.41) is 0.582. The van der Waals surface area contributed by atoms with Gasteiger partial charge in [-0.2, -0.15) is 0 Å². The molecule has 0 radical (unpaired) electrons. The van der Waals surface area contributed by atoms with Crippen molar-refractivity contribution < 1.29 is 4.79 Å². The summed E-state index contributed by atoms with van der Waals surface area (Å²) in [7, 11) is 0. The highest BCUT2D eigenvalue weighted by molar-refractivity contribution is 6.29. The molecule has 2 heteroatoms. The van der Waals surface area contributed by atoms with Crippen molar-refractivity contribution >= 4 is 17.9 Å². The lowest BCUT2D eigenvalue weighted by Gasteiger charge is -1.98. The maximum Gasteiger partial charge on any atom is 0.150 e. The van der Waals surface area contributed by atoms with Gasteiger partial charge in [-0.25, -0.2) is 0 Å². The highest BCUT2D eigenvalue weighted by atomic mass is 35.5. The molecular formula is C10H9ClO. The van der Waals surface area contributed by atoms with E-state index in [1.807, 2.05) is 12.1 Å². The Labute approximate surface area is 76.7 Å². The molecule has 12 heavy (non-hydrogen) atoms. The van der Waals surface area contributed by atoms with Gasteiger partial charge < -0.3 is 0 Å². The van der Waals surface area contributed by atoms with E-state index >= 15 is 0 Å². The summed E-state index contributed by atoms with van der Waals surface area (Å²) < 4.78 is 0. The zero-order valence-corrected chi connectivity index (χ0v) is 7.34. The Kier molecular flexibility index (Phi) is 3.06. The van der Waals surface area contributed by atoms with Crippen LogP contribution in [0.1, 0.15) is 15.9 Å². The predicted molar refractivity (Wildman–Crippen MR) is 50.5 cm³/mol. The van der Waals surface area contributed by atoms with Gasteiger partial charge in [0, 0.05) is 17.0 Å². The molecule has 0 saturated carbocycles. The van der Waals surface area contributed by atoms with Crippen molar-refractivity contribution in [1.29, 1.82) is 0 Å². The van der Waals surface area contributed by atoms with Crippen LogP contribution in [0.4, 0.5) is 0 Å². The molecule has 1 rings (SSSR count). The zero-order valence-electron chi connectivity index (χ0n) is 6.59. The van der Waals surface area contributed by atoms with E-state index in [-0.39, 0.29) is 0 Å². The fourth-order valence-electron chi connectivity index (χ4n) is 0.998. The summed E-state index contributed by atoms with van der Waals surface area (Å²) in [5.41, 5.74) is 1.69. The topological polar surface area (TPSA) is 17.1 Å². The monoisotopic (exact) mass is 180 g/mol. The first kappa shape index (κ1) is 9.01. The van der Waals surface area contributed by atoms with Crippen molar-refractivity contribution in [2.75, 3.05) is 0 Å². The molecule has 0 fully saturated rings. The molecule has 0 aliphatic heterocycles. The smallest absolute Gasteiger partial charge is 0.150 e. The number of aldehydes is 1. The molecular weight excluding hydrogens is 172 g/mol. The molecule has 0 aromatic heterocycles. The highest BCUT2D eigenvalue weighted by Gasteiger charge is 1.95. The number of carbonyl (C=O) groups is 1. The molecule has 0 amide bonds. The fraction of sp³-hybridized carbons (Fsp3) is 0.100. The minimum Gasteiger partial charge on any atom is -0.298 e. The second-order valence-electron chi connectivity index (χ2n) is 2.56. The van der Waals surface area contributed by atoms with Crippen molar-refractivity contribution in [3.8, 4) is 0 Å².